The number of amidine groups is 2. The van der Waals surface area contributed by atoms with Crippen molar-refractivity contribution in [3.63, 3.8) is 0 Å². The lowest BCUT2D eigenvalue weighted by molar-refractivity contribution is 0.668. The van der Waals surface area contributed by atoms with Gasteiger partial charge in [-0.25, -0.2) is 9.98 Å². The van der Waals surface area contributed by atoms with Crippen LogP contribution in [0.3, 0.4) is 0 Å². The molecular weight excluding hydrogens is 717 g/mol. The number of rotatable bonds is 5. The number of hydrogen-bond donors (Lipinski definition) is 1. The molecule has 2 aliphatic heterocycles. The van der Waals surface area contributed by atoms with Crippen molar-refractivity contribution in [3.05, 3.63) is 190 Å². The fraction of sp³-hybridized carbons (Fsp3) is 0.0980. The van der Waals surface area contributed by atoms with Crippen molar-refractivity contribution in [3.8, 4) is 11.1 Å². The zero-order chi connectivity index (χ0) is 37.5. The van der Waals surface area contributed by atoms with Gasteiger partial charge in [0, 0.05) is 42.7 Å². The highest BCUT2D eigenvalue weighted by molar-refractivity contribution is 7.18. The van der Waals surface area contributed by atoms with Gasteiger partial charge in [0.15, 0.2) is 5.84 Å². The zero-order valence-electron chi connectivity index (χ0n) is 31.0. The Morgan fingerprint density at radius 2 is 1.51 bits per heavy atom. The van der Waals surface area contributed by atoms with Crippen LogP contribution in [0.2, 0.25) is 0 Å². The fourth-order valence-corrected chi connectivity index (χ4v) is 10.8. The second kappa shape index (κ2) is 12.9. The number of benzene rings is 6. The summed E-state index contributed by atoms with van der Waals surface area (Å²) in [5, 5.41) is 8.62. The normalized spacial score (nSPS) is 19.5. The van der Waals surface area contributed by atoms with Crippen molar-refractivity contribution in [2.45, 2.75) is 31.0 Å². The molecule has 3 atom stereocenters. The highest BCUT2D eigenvalue weighted by Crippen LogP contribution is 2.50. The van der Waals surface area contributed by atoms with Crippen molar-refractivity contribution >= 4 is 78.1 Å². The van der Waals surface area contributed by atoms with Crippen molar-refractivity contribution < 1.29 is 4.42 Å². The molecule has 0 bridgehead atoms. The van der Waals surface area contributed by atoms with Crippen molar-refractivity contribution in [2.75, 3.05) is 4.90 Å². The molecule has 8 aromatic rings. The van der Waals surface area contributed by atoms with Crippen LogP contribution in [0.15, 0.2) is 178 Å². The minimum atomic E-state index is -0.229. The SMILES string of the molecule is C1=CC2c3ccccc3N(c3cccc4oc5ccc(-c6cccc7c8c(sc67)=C(C6=NC(c7ccccc7)=NC(c7ccccc7)N6)CCC=8)cc5c34)C2C=C1. The minimum absolute atomic E-state index is 0.209. The maximum absolute atomic E-state index is 6.59. The van der Waals surface area contributed by atoms with Gasteiger partial charge >= 0.3 is 0 Å². The molecule has 272 valence electrons. The summed E-state index contributed by atoms with van der Waals surface area (Å²) in [6, 6.07) is 49.8. The lowest BCUT2D eigenvalue weighted by atomic mass is 9.91. The molecule has 0 amide bonds. The molecule has 4 aliphatic rings. The molecule has 2 aliphatic carbocycles. The topological polar surface area (TPSA) is 53.1 Å². The largest absolute Gasteiger partial charge is 0.456 e. The Labute approximate surface area is 333 Å². The van der Waals surface area contributed by atoms with Crippen LogP contribution >= 0.6 is 11.3 Å². The molecule has 6 heteroatoms. The summed E-state index contributed by atoms with van der Waals surface area (Å²) in [7, 11) is 0. The maximum Gasteiger partial charge on any atom is 0.159 e. The van der Waals surface area contributed by atoms with Crippen molar-refractivity contribution in [2.24, 2.45) is 9.98 Å². The van der Waals surface area contributed by atoms with E-state index in [-0.39, 0.29) is 12.2 Å². The third kappa shape index (κ3) is 5.14. The molecule has 12 rings (SSSR count). The Morgan fingerprint density at radius 1 is 0.702 bits per heavy atom. The summed E-state index contributed by atoms with van der Waals surface area (Å²) >= 11 is 1.88. The predicted octanol–water partition coefficient (Wildman–Crippen LogP) is 11.1. The summed E-state index contributed by atoms with van der Waals surface area (Å²) in [5.74, 6) is 1.98. The minimum Gasteiger partial charge on any atom is -0.456 e. The number of nitrogens with zero attached hydrogens (tertiary/aromatic N) is 3. The molecule has 0 radical (unpaired) electrons. The Kier molecular flexibility index (Phi) is 7.35. The first-order valence-corrected chi connectivity index (χ1v) is 20.6. The van der Waals surface area contributed by atoms with Gasteiger partial charge < -0.3 is 14.6 Å². The van der Waals surface area contributed by atoms with Gasteiger partial charge in [-0.3, -0.25) is 0 Å². The third-order valence-corrected chi connectivity index (χ3v) is 13.3. The Balaban J connectivity index is 1.01. The van der Waals surface area contributed by atoms with Crippen LogP contribution in [-0.2, 0) is 0 Å². The second-order valence-electron chi connectivity index (χ2n) is 15.2. The van der Waals surface area contributed by atoms with E-state index < -0.39 is 0 Å². The smallest absolute Gasteiger partial charge is 0.159 e. The van der Waals surface area contributed by atoms with Gasteiger partial charge in [-0.2, -0.15) is 0 Å². The summed E-state index contributed by atoms with van der Waals surface area (Å²) < 4.78 is 9.16. The lowest BCUT2D eigenvalue weighted by Gasteiger charge is -2.29. The van der Waals surface area contributed by atoms with E-state index in [0.29, 0.717) is 5.92 Å². The molecule has 57 heavy (non-hydrogen) atoms. The molecule has 0 fully saturated rings. The molecule has 1 N–H and O–H groups in total. The first-order chi connectivity index (χ1) is 28.3. The first kappa shape index (κ1) is 32.5. The number of thiophene rings is 1. The van der Waals surface area contributed by atoms with E-state index in [9.17, 15) is 0 Å². The standard InChI is InChI=1S/C51H36N4OS/c1-3-14-31(15-4-1)49-52-50(32-16-5-2-6-17-32)54-51(53-49)39-23-12-22-38-37-21-11-20-34(47(37)57-48(38)39)33-28-29-44-40(30-33)46-43(26-13-27-45(46)56-44)55-41-24-9-7-18-35(41)36-19-8-10-25-42(36)55/h1-11,13-22,24-30,35,41,49H,12,23H2,(H,52,53,54). The van der Waals surface area contributed by atoms with Crippen LogP contribution in [0.4, 0.5) is 11.4 Å². The van der Waals surface area contributed by atoms with Gasteiger partial charge in [0.05, 0.1) is 17.1 Å². The Bertz CT molecular complexity index is 3190. The molecular formula is C51H36N4OS. The van der Waals surface area contributed by atoms with Gasteiger partial charge in [0.25, 0.3) is 0 Å². The molecule has 4 heterocycles. The zero-order valence-corrected chi connectivity index (χ0v) is 31.8. The molecule has 5 nitrogen and oxygen atoms in total. The molecule has 2 aromatic heterocycles. The highest BCUT2D eigenvalue weighted by atomic mass is 32.1. The van der Waals surface area contributed by atoms with E-state index in [1.54, 1.807) is 0 Å². The van der Waals surface area contributed by atoms with Gasteiger partial charge in [-0.15, -0.1) is 11.3 Å². The summed E-state index contributed by atoms with van der Waals surface area (Å²) in [5.41, 5.74) is 11.4. The number of fused-ring (bicyclic) bond motifs is 9. The second-order valence-corrected chi connectivity index (χ2v) is 16.2. The van der Waals surface area contributed by atoms with Gasteiger partial charge in [0.2, 0.25) is 0 Å². The van der Waals surface area contributed by atoms with Gasteiger partial charge in [-0.1, -0.05) is 140 Å². The number of hydrogen-bond acceptors (Lipinski definition) is 6. The number of furan rings is 1. The van der Waals surface area contributed by atoms with Gasteiger partial charge in [-0.05, 0) is 70.6 Å². The predicted molar refractivity (Wildman–Crippen MR) is 237 cm³/mol. The van der Waals surface area contributed by atoms with E-state index in [1.165, 1.54) is 53.5 Å². The third-order valence-electron chi connectivity index (χ3n) is 11.9. The number of allylic oxidation sites excluding steroid dienone is 2. The van der Waals surface area contributed by atoms with Crippen LogP contribution in [0.25, 0.3) is 54.8 Å². The Hall–Kier alpha value is -6.76. The fourth-order valence-electron chi connectivity index (χ4n) is 9.36. The van der Waals surface area contributed by atoms with Crippen molar-refractivity contribution in [1.29, 1.82) is 0 Å². The van der Waals surface area contributed by atoms with Gasteiger partial charge in [0.1, 0.15) is 23.2 Å². The van der Waals surface area contributed by atoms with Crippen LogP contribution < -0.4 is 20.0 Å². The number of anilines is 2. The number of para-hydroxylation sites is 1. The van der Waals surface area contributed by atoms with Crippen LogP contribution in [0, 0.1) is 0 Å². The van der Waals surface area contributed by atoms with E-state index in [4.69, 9.17) is 14.4 Å². The summed E-state index contributed by atoms with van der Waals surface area (Å²) in [4.78, 5) is 12.9. The van der Waals surface area contributed by atoms with E-state index in [0.717, 1.165) is 57.6 Å². The molecule has 3 unspecified atom stereocenters. The van der Waals surface area contributed by atoms with Crippen LogP contribution in [-0.4, -0.2) is 17.7 Å². The van der Waals surface area contributed by atoms with Crippen molar-refractivity contribution in [1.82, 2.24) is 5.32 Å². The Morgan fingerprint density at radius 3 is 2.42 bits per heavy atom. The maximum atomic E-state index is 6.59. The summed E-state index contributed by atoms with van der Waals surface area (Å²) in [6.45, 7) is 0. The molecule has 0 saturated carbocycles. The first-order valence-electron chi connectivity index (χ1n) is 19.7. The lowest BCUT2D eigenvalue weighted by Crippen LogP contribution is -2.38. The average molecular weight is 753 g/mol. The van der Waals surface area contributed by atoms with Crippen LogP contribution in [0.5, 0.6) is 0 Å². The molecule has 6 aromatic carbocycles. The molecule has 0 spiro atoms. The quantitative estimate of drug-likeness (QED) is 0.190. The number of nitrogens with one attached hydrogen (secondary N) is 1. The summed E-state index contributed by atoms with van der Waals surface area (Å²) in [6.07, 6.45) is 13.1. The monoisotopic (exact) mass is 752 g/mol. The van der Waals surface area contributed by atoms with Crippen LogP contribution in [0.1, 0.15) is 41.6 Å². The van der Waals surface area contributed by atoms with E-state index in [2.05, 4.69) is 174 Å². The highest BCUT2D eigenvalue weighted by Gasteiger charge is 2.38. The molecule has 0 saturated heterocycles. The van der Waals surface area contributed by atoms with E-state index in [1.807, 2.05) is 17.4 Å². The van der Waals surface area contributed by atoms with E-state index >= 15 is 0 Å². The number of aliphatic imine (C=N–C) groups is 2. The average Bonchev–Trinajstić information content (AvgIpc) is 3.96.